The lowest BCUT2D eigenvalue weighted by atomic mass is 9.96. The highest BCUT2D eigenvalue weighted by atomic mass is 15.0. The number of para-hydroxylation sites is 1. The molecular formula is C51H34N4. The van der Waals surface area contributed by atoms with Gasteiger partial charge in [0.05, 0.1) is 11.0 Å². The van der Waals surface area contributed by atoms with Crippen LogP contribution in [0.4, 0.5) is 0 Å². The van der Waals surface area contributed by atoms with Crippen LogP contribution in [0.5, 0.6) is 0 Å². The predicted molar refractivity (Wildman–Crippen MR) is 227 cm³/mol. The Balaban J connectivity index is 1.20. The highest BCUT2D eigenvalue weighted by Crippen LogP contribution is 2.41. The van der Waals surface area contributed by atoms with Crippen LogP contribution in [-0.4, -0.2) is 19.5 Å². The molecule has 0 saturated heterocycles. The van der Waals surface area contributed by atoms with Crippen molar-refractivity contribution in [3.63, 3.8) is 0 Å². The van der Waals surface area contributed by atoms with E-state index in [1.54, 1.807) is 0 Å². The maximum Gasteiger partial charge on any atom is 0.164 e. The van der Waals surface area contributed by atoms with E-state index in [2.05, 4.69) is 187 Å². The Morgan fingerprint density at radius 2 is 0.691 bits per heavy atom. The highest BCUT2D eigenvalue weighted by molar-refractivity contribution is 6.16. The van der Waals surface area contributed by atoms with Crippen LogP contribution in [0, 0.1) is 0 Å². The molecule has 0 atom stereocenters. The van der Waals surface area contributed by atoms with Gasteiger partial charge < -0.3 is 4.57 Å². The largest absolute Gasteiger partial charge is 0.309 e. The Hall–Kier alpha value is -7.43. The van der Waals surface area contributed by atoms with Crippen molar-refractivity contribution in [1.82, 2.24) is 19.5 Å². The summed E-state index contributed by atoms with van der Waals surface area (Å²) >= 11 is 0. The second-order valence-electron chi connectivity index (χ2n) is 13.7. The van der Waals surface area contributed by atoms with E-state index in [-0.39, 0.29) is 0 Å². The molecule has 0 aliphatic rings. The molecule has 10 rings (SSSR count). The second-order valence-corrected chi connectivity index (χ2v) is 13.7. The van der Waals surface area contributed by atoms with Crippen molar-refractivity contribution in [3.8, 4) is 73.2 Å². The van der Waals surface area contributed by atoms with Gasteiger partial charge in [-0.1, -0.05) is 176 Å². The Morgan fingerprint density at radius 1 is 0.291 bits per heavy atom. The first-order chi connectivity index (χ1) is 27.3. The number of hydrogen-bond donors (Lipinski definition) is 0. The molecular weight excluding hydrogens is 669 g/mol. The molecule has 4 nitrogen and oxygen atoms in total. The molecule has 0 aliphatic carbocycles. The van der Waals surface area contributed by atoms with Gasteiger partial charge in [0.25, 0.3) is 0 Å². The van der Waals surface area contributed by atoms with E-state index in [0.29, 0.717) is 17.5 Å². The SMILES string of the molecule is c1ccc(-c2ccc(-c3nc(-c4ccccc4)nc(-c4cc(-c5ccccc5)c5c6ccccc6n(-c6ccc(-c7ccccc7)cc6)c5c4)n3)cc2)cc1. The van der Waals surface area contributed by atoms with E-state index in [1.807, 2.05) is 24.3 Å². The highest BCUT2D eigenvalue weighted by Gasteiger charge is 2.20. The third-order valence-electron chi connectivity index (χ3n) is 10.3. The van der Waals surface area contributed by atoms with Gasteiger partial charge in [0.2, 0.25) is 0 Å². The topological polar surface area (TPSA) is 43.6 Å². The summed E-state index contributed by atoms with van der Waals surface area (Å²) in [6.07, 6.45) is 0. The summed E-state index contributed by atoms with van der Waals surface area (Å²) in [5, 5.41) is 2.38. The molecule has 55 heavy (non-hydrogen) atoms. The summed E-state index contributed by atoms with van der Waals surface area (Å²) in [7, 11) is 0. The van der Waals surface area contributed by atoms with Gasteiger partial charge in [-0.3, -0.25) is 0 Å². The zero-order valence-corrected chi connectivity index (χ0v) is 29.9. The minimum Gasteiger partial charge on any atom is -0.309 e. The van der Waals surface area contributed by atoms with Crippen LogP contribution < -0.4 is 0 Å². The lowest BCUT2D eigenvalue weighted by molar-refractivity contribution is 1.07. The van der Waals surface area contributed by atoms with Crippen molar-refractivity contribution >= 4 is 21.8 Å². The van der Waals surface area contributed by atoms with Gasteiger partial charge in [0.1, 0.15) is 0 Å². The first kappa shape index (κ1) is 32.2. The maximum absolute atomic E-state index is 5.21. The van der Waals surface area contributed by atoms with Gasteiger partial charge in [0.15, 0.2) is 17.5 Å². The number of hydrogen-bond acceptors (Lipinski definition) is 3. The van der Waals surface area contributed by atoms with E-state index < -0.39 is 0 Å². The molecule has 0 radical (unpaired) electrons. The van der Waals surface area contributed by atoms with Crippen LogP contribution in [0.25, 0.3) is 95.0 Å². The molecule has 0 spiro atoms. The van der Waals surface area contributed by atoms with Crippen molar-refractivity contribution in [2.45, 2.75) is 0 Å². The van der Waals surface area contributed by atoms with Crippen LogP contribution >= 0.6 is 0 Å². The molecule has 258 valence electrons. The molecule has 8 aromatic carbocycles. The average Bonchev–Trinajstić information content (AvgIpc) is 3.61. The van der Waals surface area contributed by atoms with Crippen molar-refractivity contribution in [2.24, 2.45) is 0 Å². The molecule has 2 aromatic heterocycles. The molecule has 10 aromatic rings. The normalized spacial score (nSPS) is 11.3. The summed E-state index contributed by atoms with van der Waals surface area (Å²) in [5.41, 5.74) is 13.0. The fourth-order valence-electron chi connectivity index (χ4n) is 7.58. The first-order valence-electron chi connectivity index (χ1n) is 18.5. The van der Waals surface area contributed by atoms with Crippen LogP contribution in [-0.2, 0) is 0 Å². The van der Waals surface area contributed by atoms with Crippen LogP contribution in [0.1, 0.15) is 0 Å². The number of fused-ring (bicyclic) bond motifs is 3. The van der Waals surface area contributed by atoms with Crippen molar-refractivity contribution < 1.29 is 0 Å². The summed E-state index contributed by atoms with van der Waals surface area (Å²) < 4.78 is 2.37. The van der Waals surface area contributed by atoms with Gasteiger partial charge in [0, 0.05) is 33.2 Å². The smallest absolute Gasteiger partial charge is 0.164 e. The van der Waals surface area contributed by atoms with Gasteiger partial charge in [-0.05, 0) is 63.7 Å². The minimum absolute atomic E-state index is 0.617. The van der Waals surface area contributed by atoms with Crippen molar-refractivity contribution in [2.75, 3.05) is 0 Å². The molecule has 0 unspecified atom stereocenters. The molecule has 2 heterocycles. The van der Waals surface area contributed by atoms with E-state index >= 15 is 0 Å². The van der Waals surface area contributed by atoms with E-state index in [1.165, 1.54) is 27.5 Å². The maximum atomic E-state index is 5.21. The summed E-state index contributed by atoms with van der Waals surface area (Å²) in [6.45, 7) is 0. The van der Waals surface area contributed by atoms with Crippen LogP contribution in [0.3, 0.4) is 0 Å². The minimum atomic E-state index is 0.617. The molecule has 0 bridgehead atoms. The van der Waals surface area contributed by atoms with Gasteiger partial charge >= 0.3 is 0 Å². The number of benzene rings is 8. The van der Waals surface area contributed by atoms with Gasteiger partial charge in [-0.15, -0.1) is 0 Å². The average molecular weight is 703 g/mol. The summed E-state index contributed by atoms with van der Waals surface area (Å²) in [6, 6.07) is 72.2. The fraction of sp³-hybridized carbons (Fsp3) is 0. The molecule has 0 saturated carbocycles. The van der Waals surface area contributed by atoms with Crippen LogP contribution in [0.15, 0.2) is 206 Å². The third-order valence-corrected chi connectivity index (χ3v) is 10.3. The predicted octanol–water partition coefficient (Wildman–Crippen LogP) is 13.0. The Kier molecular flexibility index (Phi) is 8.12. The zero-order chi connectivity index (χ0) is 36.6. The van der Waals surface area contributed by atoms with E-state index in [4.69, 9.17) is 15.0 Å². The second kappa shape index (κ2) is 13.8. The van der Waals surface area contributed by atoms with Crippen molar-refractivity contribution in [3.05, 3.63) is 206 Å². The standard InChI is InChI=1S/C51H34N4/c1-5-15-35(16-6-1)37-25-27-41(28-26-37)50-52-49(40-21-11-4-12-22-40)53-51(54-50)42-33-45(39-19-9-3-10-20-39)48-44-23-13-14-24-46(44)55(47(48)34-42)43-31-29-38(30-32-43)36-17-7-2-8-18-36/h1-34H. The molecule has 0 amide bonds. The Labute approximate surface area is 319 Å². The van der Waals surface area contributed by atoms with Crippen molar-refractivity contribution in [1.29, 1.82) is 0 Å². The Bertz CT molecular complexity index is 2920. The molecule has 4 heteroatoms. The van der Waals surface area contributed by atoms with Gasteiger partial charge in [-0.25, -0.2) is 15.0 Å². The lowest BCUT2D eigenvalue weighted by Crippen LogP contribution is -2.01. The Morgan fingerprint density at radius 3 is 1.25 bits per heavy atom. The monoisotopic (exact) mass is 702 g/mol. The first-order valence-corrected chi connectivity index (χ1v) is 18.5. The van der Waals surface area contributed by atoms with E-state index in [0.717, 1.165) is 50.1 Å². The number of aromatic nitrogens is 4. The fourth-order valence-corrected chi connectivity index (χ4v) is 7.58. The van der Waals surface area contributed by atoms with E-state index in [9.17, 15) is 0 Å². The summed E-state index contributed by atoms with van der Waals surface area (Å²) in [5.74, 6) is 1.87. The molecule has 0 aliphatic heterocycles. The molecule has 0 fully saturated rings. The third kappa shape index (κ3) is 6.06. The zero-order valence-electron chi connectivity index (χ0n) is 29.9. The van der Waals surface area contributed by atoms with Gasteiger partial charge in [-0.2, -0.15) is 0 Å². The van der Waals surface area contributed by atoms with Crippen LogP contribution in [0.2, 0.25) is 0 Å². The number of rotatable bonds is 7. The summed E-state index contributed by atoms with van der Waals surface area (Å²) in [4.78, 5) is 15.4. The lowest BCUT2D eigenvalue weighted by Gasteiger charge is -2.13. The number of nitrogens with zero attached hydrogens (tertiary/aromatic N) is 4. The quantitative estimate of drug-likeness (QED) is 0.166. The molecule has 0 N–H and O–H groups in total.